The first kappa shape index (κ1) is 11.4. The highest BCUT2D eigenvalue weighted by Gasteiger charge is 2.30. The van der Waals surface area contributed by atoms with Gasteiger partial charge in [0.15, 0.2) is 0 Å². The van der Waals surface area contributed by atoms with Gasteiger partial charge in [0.2, 0.25) is 0 Å². The number of hydrogen-bond acceptors (Lipinski definition) is 3. The van der Waals surface area contributed by atoms with Gasteiger partial charge in [-0.3, -0.25) is 0 Å². The summed E-state index contributed by atoms with van der Waals surface area (Å²) in [5.41, 5.74) is 5.58. The van der Waals surface area contributed by atoms with Crippen molar-refractivity contribution in [1.29, 1.82) is 0 Å². The molecule has 0 aromatic carbocycles. The average Bonchev–Trinajstić information content (AvgIpc) is 3.09. The molecule has 3 nitrogen and oxygen atoms in total. The van der Waals surface area contributed by atoms with Crippen molar-refractivity contribution in [2.45, 2.75) is 38.1 Å². The number of rotatable bonds is 6. The lowest BCUT2D eigenvalue weighted by molar-refractivity contribution is 0.0512. The van der Waals surface area contributed by atoms with Crippen LogP contribution >= 0.6 is 0 Å². The summed E-state index contributed by atoms with van der Waals surface area (Å²) in [5, 5.41) is 0. The van der Waals surface area contributed by atoms with E-state index in [0.29, 0.717) is 0 Å². The fourth-order valence-corrected chi connectivity index (χ4v) is 2.42. The second-order valence-corrected chi connectivity index (χ2v) is 4.92. The quantitative estimate of drug-likeness (QED) is 0.719. The third kappa shape index (κ3) is 3.74. The maximum atomic E-state index is 5.58. The maximum absolute atomic E-state index is 5.58. The van der Waals surface area contributed by atoms with Crippen LogP contribution in [0.4, 0.5) is 0 Å². The Labute approximate surface area is 93.0 Å². The van der Waals surface area contributed by atoms with Crippen LogP contribution in [-0.2, 0) is 4.74 Å². The summed E-state index contributed by atoms with van der Waals surface area (Å²) in [6.07, 6.45) is 6.49. The first-order valence-corrected chi connectivity index (χ1v) is 6.42. The topological polar surface area (TPSA) is 38.5 Å². The molecule has 1 aliphatic carbocycles. The molecule has 2 fully saturated rings. The second-order valence-electron chi connectivity index (χ2n) is 4.92. The molecule has 15 heavy (non-hydrogen) atoms. The van der Waals surface area contributed by atoms with E-state index in [1.165, 1.54) is 38.8 Å². The fourth-order valence-electron chi connectivity index (χ4n) is 2.42. The largest absolute Gasteiger partial charge is 0.381 e. The van der Waals surface area contributed by atoms with Crippen LogP contribution in [0.15, 0.2) is 0 Å². The Morgan fingerprint density at radius 3 is 2.47 bits per heavy atom. The number of hydrogen-bond donors (Lipinski definition) is 1. The van der Waals surface area contributed by atoms with Crippen molar-refractivity contribution in [2.24, 2.45) is 11.7 Å². The molecule has 2 N–H and O–H groups in total. The van der Waals surface area contributed by atoms with Gasteiger partial charge >= 0.3 is 0 Å². The number of nitrogens with zero attached hydrogens (tertiary/aromatic N) is 1. The van der Waals surface area contributed by atoms with E-state index in [1.807, 2.05) is 0 Å². The molecular formula is C12H24N2O. The first-order chi connectivity index (χ1) is 7.40. The summed E-state index contributed by atoms with van der Waals surface area (Å²) in [6, 6.07) is 0.888. The molecule has 2 rings (SSSR count). The number of ether oxygens (including phenoxy) is 1. The van der Waals surface area contributed by atoms with Crippen LogP contribution in [0.1, 0.15) is 32.1 Å². The number of nitrogens with two attached hydrogens (primary N) is 1. The standard InChI is InChI=1S/C12H24N2O/c13-6-1-7-14(12-2-3-12)10-11-4-8-15-9-5-11/h11-12H,1-10,13H2. The van der Waals surface area contributed by atoms with Crippen LogP contribution in [0.25, 0.3) is 0 Å². The Balaban J connectivity index is 1.72. The van der Waals surface area contributed by atoms with E-state index in [1.54, 1.807) is 0 Å². The van der Waals surface area contributed by atoms with E-state index < -0.39 is 0 Å². The zero-order chi connectivity index (χ0) is 10.5. The molecule has 1 saturated carbocycles. The van der Waals surface area contributed by atoms with Gasteiger partial charge in [-0.05, 0) is 51.1 Å². The molecule has 0 aromatic rings. The predicted molar refractivity (Wildman–Crippen MR) is 61.8 cm³/mol. The van der Waals surface area contributed by atoms with Crippen LogP contribution in [0.5, 0.6) is 0 Å². The summed E-state index contributed by atoms with van der Waals surface area (Å²) in [6.45, 7) is 5.27. The monoisotopic (exact) mass is 212 g/mol. The van der Waals surface area contributed by atoms with Crippen molar-refractivity contribution in [2.75, 3.05) is 32.8 Å². The molecule has 88 valence electrons. The van der Waals surface area contributed by atoms with Gasteiger partial charge in [0, 0.05) is 25.8 Å². The summed E-state index contributed by atoms with van der Waals surface area (Å²) in [5.74, 6) is 0.872. The Morgan fingerprint density at radius 2 is 1.87 bits per heavy atom. The minimum absolute atomic E-state index is 0.830. The molecule has 1 aliphatic heterocycles. The van der Waals surface area contributed by atoms with E-state index in [-0.39, 0.29) is 0 Å². The Kier molecular flexibility index (Phi) is 4.42. The van der Waals surface area contributed by atoms with Crippen LogP contribution < -0.4 is 5.73 Å². The van der Waals surface area contributed by atoms with Gasteiger partial charge in [-0.2, -0.15) is 0 Å². The van der Waals surface area contributed by atoms with Crippen molar-refractivity contribution in [3.63, 3.8) is 0 Å². The van der Waals surface area contributed by atoms with E-state index in [2.05, 4.69) is 4.90 Å². The lowest BCUT2D eigenvalue weighted by Gasteiger charge is -2.29. The highest BCUT2D eigenvalue weighted by molar-refractivity contribution is 4.86. The van der Waals surface area contributed by atoms with Crippen LogP contribution in [0.2, 0.25) is 0 Å². The van der Waals surface area contributed by atoms with Gasteiger partial charge in [-0.1, -0.05) is 0 Å². The first-order valence-electron chi connectivity index (χ1n) is 6.42. The van der Waals surface area contributed by atoms with E-state index in [4.69, 9.17) is 10.5 Å². The fraction of sp³-hybridized carbons (Fsp3) is 1.00. The van der Waals surface area contributed by atoms with Crippen molar-refractivity contribution in [1.82, 2.24) is 4.90 Å². The molecule has 0 radical (unpaired) electrons. The van der Waals surface area contributed by atoms with Gasteiger partial charge in [0.1, 0.15) is 0 Å². The minimum Gasteiger partial charge on any atom is -0.381 e. The smallest absolute Gasteiger partial charge is 0.0469 e. The summed E-state index contributed by atoms with van der Waals surface area (Å²) in [7, 11) is 0. The lowest BCUT2D eigenvalue weighted by Crippen LogP contribution is -2.35. The highest BCUT2D eigenvalue weighted by Crippen LogP contribution is 2.29. The molecule has 3 heteroatoms. The SMILES string of the molecule is NCCCN(CC1CCOCC1)C1CC1. The normalized spacial score (nSPS) is 23.6. The molecule has 0 atom stereocenters. The predicted octanol–water partition coefficient (Wildman–Crippen LogP) is 1.23. The van der Waals surface area contributed by atoms with Gasteiger partial charge < -0.3 is 15.4 Å². The van der Waals surface area contributed by atoms with Crippen molar-refractivity contribution in [3.8, 4) is 0 Å². The molecule has 0 spiro atoms. The van der Waals surface area contributed by atoms with Gasteiger partial charge in [-0.15, -0.1) is 0 Å². The van der Waals surface area contributed by atoms with Crippen LogP contribution in [-0.4, -0.2) is 43.8 Å². The third-order valence-corrected chi connectivity index (χ3v) is 3.55. The molecule has 0 amide bonds. The van der Waals surface area contributed by atoms with Gasteiger partial charge in [-0.25, -0.2) is 0 Å². The van der Waals surface area contributed by atoms with E-state index in [0.717, 1.165) is 38.1 Å². The zero-order valence-electron chi connectivity index (χ0n) is 9.66. The van der Waals surface area contributed by atoms with E-state index in [9.17, 15) is 0 Å². The van der Waals surface area contributed by atoms with E-state index >= 15 is 0 Å². The zero-order valence-corrected chi connectivity index (χ0v) is 9.66. The second kappa shape index (κ2) is 5.83. The minimum atomic E-state index is 0.830. The molecular weight excluding hydrogens is 188 g/mol. The summed E-state index contributed by atoms with van der Waals surface area (Å²) >= 11 is 0. The molecule has 0 unspecified atom stereocenters. The third-order valence-electron chi connectivity index (χ3n) is 3.55. The van der Waals surface area contributed by atoms with Crippen molar-refractivity contribution >= 4 is 0 Å². The molecule has 1 heterocycles. The molecule has 1 saturated heterocycles. The van der Waals surface area contributed by atoms with Gasteiger partial charge in [0.25, 0.3) is 0 Å². The van der Waals surface area contributed by atoms with Crippen molar-refractivity contribution in [3.05, 3.63) is 0 Å². The highest BCUT2D eigenvalue weighted by atomic mass is 16.5. The van der Waals surface area contributed by atoms with Crippen LogP contribution in [0.3, 0.4) is 0 Å². The molecule has 0 aromatic heterocycles. The summed E-state index contributed by atoms with van der Waals surface area (Å²) in [4.78, 5) is 2.67. The average molecular weight is 212 g/mol. The Bertz CT molecular complexity index is 176. The van der Waals surface area contributed by atoms with Crippen LogP contribution in [0, 0.1) is 5.92 Å². The van der Waals surface area contributed by atoms with Gasteiger partial charge in [0.05, 0.1) is 0 Å². The van der Waals surface area contributed by atoms with Crippen molar-refractivity contribution < 1.29 is 4.74 Å². The maximum Gasteiger partial charge on any atom is 0.0469 e. The Hall–Kier alpha value is -0.120. The molecule has 2 aliphatic rings. The summed E-state index contributed by atoms with van der Waals surface area (Å²) < 4.78 is 5.40. The lowest BCUT2D eigenvalue weighted by atomic mass is 9.99. The Morgan fingerprint density at radius 1 is 1.13 bits per heavy atom. The molecule has 0 bridgehead atoms.